The summed E-state index contributed by atoms with van der Waals surface area (Å²) < 4.78 is 1.79. The van der Waals surface area contributed by atoms with Gasteiger partial charge in [0.2, 0.25) is 5.35 Å². The second kappa shape index (κ2) is 5.15. The zero-order chi connectivity index (χ0) is 12.3. The Morgan fingerprint density at radius 3 is 2.41 bits per heavy atom. The molecule has 1 atom stereocenters. The van der Waals surface area contributed by atoms with Gasteiger partial charge in [0.1, 0.15) is 6.72 Å². The van der Waals surface area contributed by atoms with Crippen molar-refractivity contribution in [2.45, 2.75) is 12.8 Å². The fourth-order valence-corrected chi connectivity index (χ4v) is 2.10. The average molecular weight is 245 g/mol. The van der Waals surface area contributed by atoms with E-state index in [4.69, 9.17) is 11.6 Å². The van der Waals surface area contributed by atoms with E-state index >= 15 is 0 Å². The molecule has 1 heterocycles. The maximum atomic E-state index is 6.45. The van der Waals surface area contributed by atoms with Gasteiger partial charge in [0.05, 0.1) is 5.03 Å². The molecule has 1 aromatic carbocycles. The van der Waals surface area contributed by atoms with E-state index in [-0.39, 0.29) is 5.92 Å². The molecule has 1 nitrogen and oxygen atoms in total. The Kier molecular flexibility index (Phi) is 3.60. The fraction of sp³-hybridized carbons (Fsp3) is 0.133. The molecule has 17 heavy (non-hydrogen) atoms. The van der Waals surface area contributed by atoms with Crippen LogP contribution in [0.25, 0.3) is 5.03 Å². The minimum atomic E-state index is 0.174. The van der Waals surface area contributed by atoms with E-state index in [2.05, 4.69) is 25.8 Å². The highest BCUT2D eigenvalue weighted by atomic mass is 35.5. The molecule has 0 spiro atoms. The van der Waals surface area contributed by atoms with E-state index in [0.29, 0.717) is 0 Å². The molecule has 0 saturated carbocycles. The topological polar surface area (TPSA) is 5.90 Å². The van der Waals surface area contributed by atoms with E-state index in [1.807, 2.05) is 42.6 Å². The largest absolute Gasteiger partial charge is 0.225 e. The van der Waals surface area contributed by atoms with E-state index in [1.54, 1.807) is 4.24 Å². The van der Waals surface area contributed by atoms with Gasteiger partial charge in [0.25, 0.3) is 0 Å². The van der Waals surface area contributed by atoms with Crippen molar-refractivity contribution in [3.8, 4) is 0 Å². The molecule has 2 aromatic rings. The Morgan fingerprint density at radius 1 is 1.12 bits per heavy atom. The molecule has 0 amide bonds. The van der Waals surface area contributed by atoms with E-state index in [1.165, 1.54) is 5.56 Å². The molecule has 0 aliphatic rings. The van der Waals surface area contributed by atoms with Crippen LogP contribution in [0.2, 0.25) is 0 Å². The minimum Gasteiger partial charge on any atom is -0.173 e. The highest BCUT2D eigenvalue weighted by Crippen LogP contribution is 2.25. The molecule has 0 bridgehead atoms. The molecule has 1 unspecified atom stereocenters. The second-order valence-electron chi connectivity index (χ2n) is 4.04. The van der Waals surface area contributed by atoms with Crippen LogP contribution in [0.3, 0.4) is 0 Å². The summed E-state index contributed by atoms with van der Waals surface area (Å²) in [4.78, 5) is 0. The SMILES string of the molecule is C=[n+]1ccccc1=C(Cl)C(C)c1ccccc1. The first-order chi connectivity index (χ1) is 8.20. The third-order valence-corrected chi connectivity index (χ3v) is 3.39. The first kappa shape index (κ1) is 11.9. The molecular weight excluding hydrogens is 230 g/mol. The quantitative estimate of drug-likeness (QED) is 0.717. The smallest absolute Gasteiger partial charge is 0.173 e. The summed E-state index contributed by atoms with van der Waals surface area (Å²) in [6.07, 6.45) is 1.90. The molecule has 0 aliphatic carbocycles. The number of nitrogens with zero attached hydrogens (tertiary/aromatic N) is 1. The van der Waals surface area contributed by atoms with Gasteiger partial charge in [-0.1, -0.05) is 48.9 Å². The van der Waals surface area contributed by atoms with Gasteiger partial charge in [-0.15, -0.1) is 0 Å². The summed E-state index contributed by atoms with van der Waals surface area (Å²) in [7, 11) is 0. The Hall–Kier alpha value is -1.60. The van der Waals surface area contributed by atoms with Gasteiger partial charge >= 0.3 is 0 Å². The van der Waals surface area contributed by atoms with Gasteiger partial charge in [-0.05, 0) is 11.6 Å². The number of aromatic nitrogens is 1. The first-order valence-corrected chi connectivity index (χ1v) is 5.97. The Labute approximate surface area is 106 Å². The molecule has 0 fully saturated rings. The van der Waals surface area contributed by atoms with Crippen molar-refractivity contribution in [1.82, 2.24) is 0 Å². The van der Waals surface area contributed by atoms with Crippen LogP contribution in [0.1, 0.15) is 18.4 Å². The zero-order valence-electron chi connectivity index (χ0n) is 9.81. The second-order valence-corrected chi connectivity index (χ2v) is 4.44. The highest BCUT2D eigenvalue weighted by molar-refractivity contribution is 6.45. The van der Waals surface area contributed by atoms with Gasteiger partial charge in [-0.3, -0.25) is 0 Å². The lowest BCUT2D eigenvalue weighted by atomic mass is 10.0. The zero-order valence-corrected chi connectivity index (χ0v) is 10.6. The van der Waals surface area contributed by atoms with Gasteiger partial charge in [0, 0.05) is 18.1 Å². The molecule has 0 saturated heterocycles. The number of hydrogen-bond acceptors (Lipinski definition) is 0. The van der Waals surface area contributed by atoms with E-state index in [9.17, 15) is 0 Å². The molecule has 0 radical (unpaired) electrons. The van der Waals surface area contributed by atoms with Crippen molar-refractivity contribution in [2.24, 2.45) is 0 Å². The lowest BCUT2D eigenvalue weighted by molar-refractivity contribution is -0.514. The Balaban J connectivity index is 2.53. The lowest BCUT2D eigenvalue weighted by Gasteiger charge is -2.08. The molecule has 86 valence electrons. The average Bonchev–Trinajstić information content (AvgIpc) is 2.39. The van der Waals surface area contributed by atoms with Crippen LogP contribution in [-0.4, -0.2) is 0 Å². The van der Waals surface area contributed by atoms with E-state index in [0.717, 1.165) is 10.4 Å². The van der Waals surface area contributed by atoms with Crippen LogP contribution in [0.15, 0.2) is 54.7 Å². The Bertz CT molecular complexity index is 604. The molecule has 2 rings (SSSR count). The predicted octanol–water partition coefficient (Wildman–Crippen LogP) is 2.76. The van der Waals surface area contributed by atoms with Crippen molar-refractivity contribution in [3.05, 3.63) is 72.4 Å². The summed E-state index contributed by atoms with van der Waals surface area (Å²) >= 11 is 6.45. The summed E-state index contributed by atoms with van der Waals surface area (Å²) in [6, 6.07) is 16.1. The van der Waals surface area contributed by atoms with Gasteiger partial charge < -0.3 is 0 Å². The van der Waals surface area contributed by atoms with Gasteiger partial charge in [-0.25, -0.2) is 0 Å². The Morgan fingerprint density at radius 2 is 1.76 bits per heavy atom. The van der Waals surface area contributed by atoms with Gasteiger partial charge in [0.15, 0.2) is 6.20 Å². The lowest BCUT2D eigenvalue weighted by Crippen LogP contribution is -2.36. The molecular formula is C15H15ClN+. The van der Waals surface area contributed by atoms with Crippen molar-refractivity contribution in [3.63, 3.8) is 0 Å². The monoisotopic (exact) mass is 244 g/mol. The number of pyridine rings is 1. The molecule has 0 N–H and O–H groups in total. The number of benzene rings is 1. The van der Waals surface area contributed by atoms with Crippen LogP contribution in [0.4, 0.5) is 0 Å². The van der Waals surface area contributed by atoms with Crippen molar-refractivity contribution < 1.29 is 4.24 Å². The van der Waals surface area contributed by atoms with Crippen LogP contribution < -0.4 is 9.59 Å². The van der Waals surface area contributed by atoms with Crippen LogP contribution in [0.5, 0.6) is 0 Å². The fourth-order valence-electron chi connectivity index (χ4n) is 1.80. The van der Waals surface area contributed by atoms with Crippen molar-refractivity contribution in [2.75, 3.05) is 0 Å². The number of halogens is 1. The van der Waals surface area contributed by atoms with Gasteiger partial charge in [-0.2, -0.15) is 4.24 Å². The predicted molar refractivity (Wildman–Crippen MR) is 71.1 cm³/mol. The third kappa shape index (κ3) is 2.56. The molecule has 2 heteroatoms. The van der Waals surface area contributed by atoms with Crippen molar-refractivity contribution >= 4 is 16.6 Å². The van der Waals surface area contributed by atoms with Crippen LogP contribution in [0, 0.1) is 6.72 Å². The highest BCUT2D eigenvalue weighted by Gasteiger charge is 2.13. The minimum absolute atomic E-state index is 0.174. The summed E-state index contributed by atoms with van der Waals surface area (Å²) in [5.41, 5.74) is 1.21. The van der Waals surface area contributed by atoms with E-state index < -0.39 is 0 Å². The maximum Gasteiger partial charge on any atom is 0.225 e. The molecule has 0 aliphatic heterocycles. The summed E-state index contributed by atoms with van der Waals surface area (Å²) in [5, 5.41) is 1.76. The third-order valence-electron chi connectivity index (χ3n) is 2.87. The summed E-state index contributed by atoms with van der Waals surface area (Å²) in [6.45, 7) is 6.03. The maximum absolute atomic E-state index is 6.45. The number of rotatable bonds is 2. The standard InChI is InChI=1S/C15H15ClN/c1-12(13-8-4-3-5-9-13)15(16)14-10-6-7-11-17(14)2/h3-12H,2H2,1H3/q+1. The summed E-state index contributed by atoms with van der Waals surface area (Å²) in [5.74, 6) is 0.174. The van der Waals surface area contributed by atoms with Crippen LogP contribution >= 0.6 is 11.6 Å². The first-order valence-electron chi connectivity index (χ1n) is 5.59. The van der Waals surface area contributed by atoms with Crippen LogP contribution in [-0.2, 0) is 0 Å². The normalized spacial score (nSPS) is 14.2. The van der Waals surface area contributed by atoms with Crippen molar-refractivity contribution in [1.29, 1.82) is 0 Å². The number of hydrogen-bond donors (Lipinski definition) is 0. The molecule has 1 aromatic heterocycles.